The molecular formula is C14H20N2O3. The highest BCUT2D eigenvalue weighted by molar-refractivity contribution is 5.80. The molecule has 1 atom stereocenters. The first-order chi connectivity index (χ1) is 9.04. The van der Waals surface area contributed by atoms with E-state index in [9.17, 15) is 9.59 Å². The summed E-state index contributed by atoms with van der Waals surface area (Å²) in [6.45, 7) is 0. The third-order valence-corrected chi connectivity index (χ3v) is 2.78. The summed E-state index contributed by atoms with van der Waals surface area (Å²) < 4.78 is 5.29. The first-order valence-corrected chi connectivity index (χ1v) is 6.18. The maximum atomic E-state index is 12.1. The minimum absolute atomic E-state index is 0.0839. The summed E-state index contributed by atoms with van der Waals surface area (Å²) in [5.74, 6) is 0.0822. The Bertz CT molecular complexity index is 418. The number of hydrogen-bond donors (Lipinski definition) is 1. The predicted molar refractivity (Wildman–Crippen MR) is 72.9 cm³/mol. The molecule has 1 unspecified atom stereocenters. The summed E-state index contributed by atoms with van der Waals surface area (Å²) in [5.41, 5.74) is 0. The van der Waals surface area contributed by atoms with Crippen LogP contribution in [0.2, 0.25) is 0 Å². The van der Waals surface area contributed by atoms with Crippen LogP contribution >= 0.6 is 0 Å². The molecule has 0 radical (unpaired) electrons. The van der Waals surface area contributed by atoms with E-state index in [1.165, 1.54) is 0 Å². The Morgan fingerprint density at radius 1 is 1.26 bits per heavy atom. The van der Waals surface area contributed by atoms with Crippen LogP contribution in [-0.2, 0) is 9.59 Å². The lowest BCUT2D eigenvalue weighted by Gasteiger charge is -2.22. The molecule has 104 valence electrons. The van der Waals surface area contributed by atoms with Gasteiger partial charge in [0.25, 0.3) is 0 Å². The first-order valence-electron chi connectivity index (χ1n) is 6.18. The fourth-order valence-corrected chi connectivity index (χ4v) is 1.65. The van der Waals surface area contributed by atoms with Crippen LogP contribution in [0.25, 0.3) is 0 Å². The predicted octanol–water partition coefficient (Wildman–Crippen LogP) is 1.05. The zero-order valence-electron chi connectivity index (χ0n) is 11.6. The van der Waals surface area contributed by atoms with Gasteiger partial charge in [0.1, 0.15) is 11.8 Å². The molecule has 0 bridgehead atoms. The second kappa shape index (κ2) is 7.53. The number of benzene rings is 1. The maximum absolute atomic E-state index is 12.1. The van der Waals surface area contributed by atoms with Crippen LogP contribution in [0.15, 0.2) is 30.3 Å². The number of carbonyl (C=O) groups excluding carboxylic acids is 2. The molecule has 0 spiro atoms. The van der Waals surface area contributed by atoms with Gasteiger partial charge in [-0.15, -0.1) is 0 Å². The Labute approximate surface area is 113 Å². The van der Waals surface area contributed by atoms with Gasteiger partial charge in [0, 0.05) is 13.5 Å². The zero-order chi connectivity index (χ0) is 14.3. The largest absolute Gasteiger partial charge is 0.425 e. The summed E-state index contributed by atoms with van der Waals surface area (Å²) >= 11 is 0. The molecule has 0 saturated heterocycles. The third kappa shape index (κ3) is 5.09. The van der Waals surface area contributed by atoms with Gasteiger partial charge in [-0.3, -0.25) is 9.69 Å². The lowest BCUT2D eigenvalue weighted by atomic mass is 10.1. The van der Waals surface area contributed by atoms with Gasteiger partial charge in [-0.2, -0.15) is 0 Å². The van der Waals surface area contributed by atoms with E-state index in [1.54, 1.807) is 50.3 Å². The number of carbonyl (C=O) groups is 2. The van der Waals surface area contributed by atoms with E-state index in [0.29, 0.717) is 18.6 Å². The quantitative estimate of drug-likeness (QED) is 0.616. The fourth-order valence-electron chi connectivity index (χ4n) is 1.65. The second-order valence-corrected chi connectivity index (χ2v) is 4.43. The van der Waals surface area contributed by atoms with Crippen LogP contribution in [-0.4, -0.2) is 44.0 Å². The second-order valence-electron chi connectivity index (χ2n) is 4.43. The molecule has 0 aliphatic rings. The molecule has 0 aliphatic heterocycles. The number of nitrogens with zero attached hydrogens (tertiary/aromatic N) is 1. The molecular weight excluding hydrogens is 244 g/mol. The topological polar surface area (TPSA) is 58.6 Å². The Kier molecular flexibility index (Phi) is 6.02. The standard InChI is InChI=1S/C14H20N2O3/c1-15-13(17)10-9-12(16(2)3)14(18)19-11-7-5-4-6-8-11/h4-8,12H,9-10H2,1-3H3,(H,15,17). The molecule has 1 aromatic carbocycles. The lowest BCUT2D eigenvalue weighted by Crippen LogP contribution is -2.39. The van der Waals surface area contributed by atoms with Gasteiger partial charge in [0.15, 0.2) is 0 Å². The van der Waals surface area contributed by atoms with Crippen LogP contribution in [0.3, 0.4) is 0 Å². The van der Waals surface area contributed by atoms with E-state index in [4.69, 9.17) is 4.74 Å². The molecule has 0 heterocycles. The smallest absolute Gasteiger partial charge is 0.328 e. The molecule has 5 heteroatoms. The third-order valence-electron chi connectivity index (χ3n) is 2.78. The number of esters is 1. The van der Waals surface area contributed by atoms with Crippen molar-refractivity contribution < 1.29 is 14.3 Å². The Morgan fingerprint density at radius 3 is 2.42 bits per heavy atom. The number of para-hydroxylation sites is 1. The van der Waals surface area contributed by atoms with Gasteiger partial charge in [-0.05, 0) is 32.6 Å². The number of likely N-dealkylation sites (N-methyl/N-ethyl adjacent to an activating group) is 1. The number of rotatable bonds is 6. The summed E-state index contributed by atoms with van der Waals surface area (Å²) in [7, 11) is 5.16. The molecule has 1 rings (SSSR count). The molecule has 0 saturated carbocycles. The fraction of sp³-hybridized carbons (Fsp3) is 0.429. The summed E-state index contributed by atoms with van der Waals surface area (Å²) in [5, 5.41) is 2.54. The number of amides is 1. The van der Waals surface area contributed by atoms with E-state index in [2.05, 4.69) is 5.32 Å². The van der Waals surface area contributed by atoms with Crippen LogP contribution in [0, 0.1) is 0 Å². The number of nitrogens with one attached hydrogen (secondary N) is 1. The van der Waals surface area contributed by atoms with Crippen molar-refractivity contribution in [2.45, 2.75) is 18.9 Å². The minimum atomic E-state index is -0.433. The Morgan fingerprint density at radius 2 is 1.89 bits per heavy atom. The summed E-state index contributed by atoms with van der Waals surface area (Å²) in [4.78, 5) is 25.1. The molecule has 1 N–H and O–H groups in total. The van der Waals surface area contributed by atoms with Crippen molar-refractivity contribution in [3.05, 3.63) is 30.3 Å². The Balaban J connectivity index is 2.60. The summed E-state index contributed by atoms with van der Waals surface area (Å²) in [6.07, 6.45) is 0.724. The van der Waals surface area contributed by atoms with Gasteiger partial charge in [-0.1, -0.05) is 18.2 Å². The van der Waals surface area contributed by atoms with E-state index >= 15 is 0 Å². The normalized spacial score (nSPS) is 12.0. The highest BCUT2D eigenvalue weighted by Gasteiger charge is 2.23. The van der Waals surface area contributed by atoms with E-state index in [1.807, 2.05) is 6.07 Å². The van der Waals surface area contributed by atoms with Crippen LogP contribution < -0.4 is 10.1 Å². The van der Waals surface area contributed by atoms with Crippen molar-refractivity contribution in [1.82, 2.24) is 10.2 Å². The Hall–Kier alpha value is -1.88. The highest BCUT2D eigenvalue weighted by Crippen LogP contribution is 2.12. The van der Waals surface area contributed by atoms with Crippen molar-refractivity contribution in [1.29, 1.82) is 0 Å². The van der Waals surface area contributed by atoms with Crippen LogP contribution in [0.1, 0.15) is 12.8 Å². The van der Waals surface area contributed by atoms with Crippen molar-refractivity contribution >= 4 is 11.9 Å². The first kappa shape index (κ1) is 15.2. The van der Waals surface area contributed by atoms with Crippen molar-refractivity contribution in [3.63, 3.8) is 0 Å². The van der Waals surface area contributed by atoms with Crippen molar-refractivity contribution in [2.75, 3.05) is 21.1 Å². The maximum Gasteiger partial charge on any atom is 0.328 e. The molecule has 5 nitrogen and oxygen atoms in total. The van der Waals surface area contributed by atoms with Gasteiger partial charge in [0.05, 0.1) is 0 Å². The van der Waals surface area contributed by atoms with Crippen molar-refractivity contribution in [3.8, 4) is 5.75 Å². The van der Waals surface area contributed by atoms with Gasteiger partial charge >= 0.3 is 5.97 Å². The molecule has 1 amide bonds. The lowest BCUT2D eigenvalue weighted by molar-refractivity contribution is -0.139. The molecule has 0 fully saturated rings. The summed E-state index contributed by atoms with van der Waals surface area (Å²) in [6, 6.07) is 8.48. The monoisotopic (exact) mass is 264 g/mol. The average molecular weight is 264 g/mol. The minimum Gasteiger partial charge on any atom is -0.425 e. The highest BCUT2D eigenvalue weighted by atomic mass is 16.5. The zero-order valence-corrected chi connectivity index (χ0v) is 11.6. The molecule has 19 heavy (non-hydrogen) atoms. The number of hydrogen-bond acceptors (Lipinski definition) is 4. The molecule has 0 aromatic heterocycles. The van der Waals surface area contributed by atoms with Crippen molar-refractivity contribution in [2.24, 2.45) is 0 Å². The molecule has 1 aromatic rings. The van der Waals surface area contributed by atoms with Crippen LogP contribution in [0.5, 0.6) is 5.75 Å². The SMILES string of the molecule is CNC(=O)CCC(C(=O)Oc1ccccc1)N(C)C. The molecule has 0 aliphatic carbocycles. The van der Waals surface area contributed by atoms with E-state index < -0.39 is 6.04 Å². The van der Waals surface area contributed by atoms with Gasteiger partial charge < -0.3 is 10.1 Å². The number of ether oxygens (including phenoxy) is 1. The van der Waals surface area contributed by atoms with E-state index in [0.717, 1.165) is 0 Å². The van der Waals surface area contributed by atoms with Gasteiger partial charge in [-0.25, -0.2) is 4.79 Å². The van der Waals surface area contributed by atoms with E-state index in [-0.39, 0.29) is 11.9 Å². The average Bonchev–Trinajstić information content (AvgIpc) is 2.39. The van der Waals surface area contributed by atoms with Gasteiger partial charge in [0.2, 0.25) is 5.91 Å². The van der Waals surface area contributed by atoms with Crippen LogP contribution in [0.4, 0.5) is 0 Å².